The van der Waals surface area contributed by atoms with Crippen molar-refractivity contribution in [1.29, 1.82) is 0 Å². The fraction of sp³-hybridized carbons (Fsp3) is 0.0625. The van der Waals surface area contributed by atoms with E-state index in [2.05, 4.69) is 4.18 Å². The minimum Gasteiger partial charge on any atom is -0.456 e. The number of para-hydroxylation sites is 1. The molecule has 0 saturated heterocycles. The quantitative estimate of drug-likeness (QED) is 0.519. The van der Waals surface area contributed by atoms with E-state index in [0.717, 1.165) is 12.1 Å². The van der Waals surface area contributed by atoms with Gasteiger partial charge in [-0.15, -0.1) is 0 Å². The van der Waals surface area contributed by atoms with Gasteiger partial charge in [0.15, 0.2) is 5.43 Å². The van der Waals surface area contributed by atoms with Gasteiger partial charge in [0.25, 0.3) is 0 Å². The van der Waals surface area contributed by atoms with Gasteiger partial charge in [-0.3, -0.25) is 4.79 Å². The second-order valence-electron chi connectivity index (χ2n) is 4.98. The second-order valence-corrected chi connectivity index (χ2v) is 6.52. The van der Waals surface area contributed by atoms with Crippen LogP contribution in [0.4, 0.5) is 13.2 Å². The Labute approximate surface area is 139 Å². The van der Waals surface area contributed by atoms with Crippen LogP contribution in [0.5, 0.6) is 5.75 Å². The lowest BCUT2D eigenvalue weighted by molar-refractivity contribution is -0.0500. The van der Waals surface area contributed by atoms with Crippen LogP contribution in [0.3, 0.4) is 0 Å². The summed E-state index contributed by atoms with van der Waals surface area (Å²) in [5.41, 5.74) is -5.07. The first-order chi connectivity index (χ1) is 11.7. The normalized spacial score (nSPS) is 12.3. The zero-order valence-electron chi connectivity index (χ0n) is 12.3. The molecule has 0 aliphatic heterocycles. The molecule has 0 amide bonds. The minimum absolute atomic E-state index is 0.189. The van der Waals surface area contributed by atoms with Gasteiger partial charge in [-0.25, -0.2) is 0 Å². The first kappa shape index (κ1) is 17.0. The number of halogens is 3. The van der Waals surface area contributed by atoms with Crippen molar-refractivity contribution in [2.45, 2.75) is 5.51 Å². The fourth-order valence-electron chi connectivity index (χ4n) is 2.09. The van der Waals surface area contributed by atoms with E-state index in [-0.39, 0.29) is 11.2 Å². The number of hydrogen-bond acceptors (Lipinski definition) is 5. The third kappa shape index (κ3) is 3.36. The first-order valence-electron chi connectivity index (χ1n) is 6.81. The van der Waals surface area contributed by atoms with E-state index >= 15 is 0 Å². The maximum Gasteiger partial charge on any atom is 0.534 e. The molecule has 5 nitrogen and oxygen atoms in total. The van der Waals surface area contributed by atoms with Crippen molar-refractivity contribution >= 4 is 21.1 Å². The molecule has 25 heavy (non-hydrogen) atoms. The van der Waals surface area contributed by atoms with E-state index in [4.69, 9.17) is 4.42 Å². The molecule has 0 N–H and O–H groups in total. The van der Waals surface area contributed by atoms with E-state index in [0.29, 0.717) is 16.5 Å². The summed E-state index contributed by atoms with van der Waals surface area (Å²) in [4.78, 5) is 12.0. The monoisotopic (exact) mass is 370 g/mol. The van der Waals surface area contributed by atoms with Gasteiger partial charge in [-0.1, -0.05) is 12.1 Å². The van der Waals surface area contributed by atoms with E-state index in [1.54, 1.807) is 24.3 Å². The highest BCUT2D eigenvalue weighted by molar-refractivity contribution is 7.88. The Balaban J connectivity index is 1.95. The molecule has 0 atom stereocenters. The Kier molecular flexibility index (Phi) is 4.03. The lowest BCUT2D eigenvalue weighted by atomic mass is 10.1. The van der Waals surface area contributed by atoms with Crippen LogP contribution < -0.4 is 9.61 Å². The molecule has 1 aromatic heterocycles. The number of rotatable bonds is 3. The van der Waals surface area contributed by atoms with Gasteiger partial charge in [0, 0.05) is 11.6 Å². The third-order valence-electron chi connectivity index (χ3n) is 3.26. The molecule has 0 fully saturated rings. The maximum atomic E-state index is 12.3. The fourth-order valence-corrected chi connectivity index (χ4v) is 2.55. The van der Waals surface area contributed by atoms with Crippen LogP contribution in [0.15, 0.2) is 63.8 Å². The van der Waals surface area contributed by atoms with Crippen LogP contribution in [-0.4, -0.2) is 13.9 Å². The number of hydrogen-bond donors (Lipinski definition) is 0. The van der Waals surface area contributed by atoms with E-state index in [9.17, 15) is 26.4 Å². The smallest absolute Gasteiger partial charge is 0.456 e. The Morgan fingerprint density at radius 2 is 1.60 bits per heavy atom. The molecule has 0 aliphatic carbocycles. The molecule has 0 bridgehead atoms. The summed E-state index contributed by atoms with van der Waals surface area (Å²) in [5.74, 6) is -0.321. The van der Waals surface area contributed by atoms with Crippen molar-refractivity contribution in [3.63, 3.8) is 0 Å². The van der Waals surface area contributed by atoms with Crippen molar-refractivity contribution < 1.29 is 30.2 Å². The summed E-state index contributed by atoms with van der Waals surface area (Å²) in [6.45, 7) is 0. The topological polar surface area (TPSA) is 73.6 Å². The van der Waals surface area contributed by atoms with E-state index in [1.165, 1.54) is 18.2 Å². The minimum atomic E-state index is -5.74. The summed E-state index contributed by atoms with van der Waals surface area (Å²) in [5, 5.41) is 0.391. The number of benzene rings is 2. The van der Waals surface area contributed by atoms with Crippen molar-refractivity contribution in [2.24, 2.45) is 0 Å². The summed E-state index contributed by atoms with van der Waals surface area (Å²) in [7, 11) is -5.74. The molecular weight excluding hydrogens is 361 g/mol. The molecule has 0 aliphatic rings. The predicted octanol–water partition coefficient (Wildman–Crippen LogP) is 3.69. The molecular formula is C16H9F3O5S. The van der Waals surface area contributed by atoms with Gasteiger partial charge in [-0.05, 0) is 36.4 Å². The summed E-state index contributed by atoms with van der Waals surface area (Å²) in [6.07, 6.45) is 0. The van der Waals surface area contributed by atoms with Crippen LogP contribution in [0.2, 0.25) is 0 Å². The van der Waals surface area contributed by atoms with Crippen LogP contribution in [0.1, 0.15) is 0 Å². The highest BCUT2D eigenvalue weighted by Crippen LogP contribution is 2.29. The second kappa shape index (κ2) is 5.92. The van der Waals surface area contributed by atoms with Gasteiger partial charge in [-0.2, -0.15) is 21.6 Å². The Morgan fingerprint density at radius 1 is 0.960 bits per heavy atom. The molecule has 0 unspecified atom stereocenters. The molecule has 3 rings (SSSR count). The molecule has 0 saturated carbocycles. The Bertz CT molecular complexity index is 1080. The highest BCUT2D eigenvalue weighted by atomic mass is 32.2. The molecule has 1 heterocycles. The Morgan fingerprint density at radius 3 is 2.24 bits per heavy atom. The molecule has 3 aromatic rings. The molecule has 0 radical (unpaired) electrons. The zero-order chi connectivity index (χ0) is 18.2. The van der Waals surface area contributed by atoms with E-state index in [1.807, 2.05) is 0 Å². The number of alkyl halides is 3. The predicted molar refractivity (Wildman–Crippen MR) is 83.5 cm³/mol. The zero-order valence-corrected chi connectivity index (χ0v) is 13.1. The maximum absolute atomic E-state index is 12.3. The van der Waals surface area contributed by atoms with Crippen LogP contribution >= 0.6 is 0 Å². The van der Waals surface area contributed by atoms with Crippen molar-refractivity contribution in [3.8, 4) is 17.1 Å². The molecule has 0 spiro atoms. The summed E-state index contributed by atoms with van der Waals surface area (Å²) < 4.78 is 68.4. The van der Waals surface area contributed by atoms with Gasteiger partial charge >= 0.3 is 15.6 Å². The van der Waals surface area contributed by atoms with Crippen LogP contribution in [-0.2, 0) is 10.1 Å². The SMILES string of the molecule is O=c1cc(-c2ccc(OS(=O)(=O)C(F)(F)F)cc2)oc2ccccc12. The average Bonchev–Trinajstić information content (AvgIpc) is 2.54. The number of fused-ring (bicyclic) bond motifs is 1. The summed E-state index contributed by atoms with van der Waals surface area (Å²) in [6, 6.07) is 12.5. The first-order valence-corrected chi connectivity index (χ1v) is 8.22. The van der Waals surface area contributed by atoms with Crippen LogP contribution in [0, 0.1) is 0 Å². The Hall–Kier alpha value is -2.81. The van der Waals surface area contributed by atoms with Gasteiger partial charge in [0.2, 0.25) is 0 Å². The lowest BCUT2D eigenvalue weighted by Gasteiger charge is -2.09. The third-order valence-corrected chi connectivity index (χ3v) is 4.24. The van der Waals surface area contributed by atoms with Gasteiger partial charge in [0.05, 0.1) is 5.39 Å². The van der Waals surface area contributed by atoms with Crippen molar-refractivity contribution in [1.82, 2.24) is 0 Å². The van der Waals surface area contributed by atoms with Crippen molar-refractivity contribution in [2.75, 3.05) is 0 Å². The largest absolute Gasteiger partial charge is 0.534 e. The highest BCUT2D eigenvalue weighted by Gasteiger charge is 2.48. The van der Waals surface area contributed by atoms with Gasteiger partial charge < -0.3 is 8.60 Å². The van der Waals surface area contributed by atoms with E-state index < -0.39 is 21.4 Å². The van der Waals surface area contributed by atoms with Crippen molar-refractivity contribution in [3.05, 3.63) is 64.8 Å². The van der Waals surface area contributed by atoms with Gasteiger partial charge in [0.1, 0.15) is 17.1 Å². The molecule has 2 aromatic carbocycles. The average molecular weight is 370 g/mol. The summed E-state index contributed by atoms with van der Waals surface area (Å²) >= 11 is 0. The molecule has 130 valence electrons. The standard InChI is InChI=1S/C16H9F3O5S/c17-16(18,19)25(21,22)24-11-7-5-10(6-8-11)15-9-13(20)12-3-1-2-4-14(12)23-15/h1-9H. The molecule has 9 heteroatoms. The van der Waals surface area contributed by atoms with Crippen LogP contribution in [0.25, 0.3) is 22.3 Å². The lowest BCUT2D eigenvalue weighted by Crippen LogP contribution is -2.28.